The van der Waals surface area contributed by atoms with Crippen molar-refractivity contribution in [3.63, 3.8) is 0 Å². The van der Waals surface area contributed by atoms with Crippen LogP contribution in [0.3, 0.4) is 0 Å². The van der Waals surface area contributed by atoms with Gasteiger partial charge in [-0.1, -0.05) is 24.3 Å². The highest BCUT2D eigenvalue weighted by atomic mass is 79.9. The molecule has 188 valence electrons. The van der Waals surface area contributed by atoms with Crippen LogP contribution in [0.5, 0.6) is 17.2 Å². The van der Waals surface area contributed by atoms with Crippen LogP contribution < -0.4 is 20.2 Å². The standard InChI is InChI=1S/C27H21BrFN3O5/c1-36-24-11-16(10-22(28)26(24)37-15-25(34)31-20-8-6-19(29)7-9-20)14-30-32-27(35)21-12-17-4-2-3-5-18(17)13-23(21)33/h2-14,33H,15H2,1H3,(H,31,34)(H,32,35). The summed E-state index contributed by atoms with van der Waals surface area (Å²) in [7, 11) is 1.44. The number of benzene rings is 4. The molecule has 0 fully saturated rings. The highest BCUT2D eigenvalue weighted by Crippen LogP contribution is 2.36. The van der Waals surface area contributed by atoms with Gasteiger partial charge in [0.15, 0.2) is 18.1 Å². The van der Waals surface area contributed by atoms with Gasteiger partial charge in [0.05, 0.1) is 23.4 Å². The van der Waals surface area contributed by atoms with E-state index in [9.17, 15) is 19.1 Å². The normalized spacial score (nSPS) is 10.9. The minimum Gasteiger partial charge on any atom is -0.507 e. The summed E-state index contributed by atoms with van der Waals surface area (Å²) in [5, 5.41) is 18.4. The number of carbonyl (C=O) groups excluding carboxylic acids is 2. The van der Waals surface area contributed by atoms with Crippen molar-refractivity contribution in [1.29, 1.82) is 0 Å². The summed E-state index contributed by atoms with van der Waals surface area (Å²) in [5.74, 6) is -0.954. The molecule has 0 unspecified atom stereocenters. The number of fused-ring (bicyclic) bond motifs is 1. The van der Waals surface area contributed by atoms with Gasteiger partial charge in [0.2, 0.25) is 0 Å². The van der Waals surface area contributed by atoms with Crippen molar-refractivity contribution in [2.75, 3.05) is 19.0 Å². The molecule has 4 rings (SSSR count). The summed E-state index contributed by atoms with van der Waals surface area (Å²) in [5.41, 5.74) is 3.49. The number of nitrogens with zero attached hydrogens (tertiary/aromatic N) is 1. The first-order chi connectivity index (χ1) is 17.8. The van der Waals surface area contributed by atoms with Crippen molar-refractivity contribution in [2.45, 2.75) is 0 Å². The van der Waals surface area contributed by atoms with Crippen LogP contribution in [0.4, 0.5) is 10.1 Å². The molecule has 0 aromatic heterocycles. The van der Waals surface area contributed by atoms with Crippen LogP contribution in [0, 0.1) is 5.82 Å². The van der Waals surface area contributed by atoms with Gasteiger partial charge in [-0.05, 0) is 80.8 Å². The van der Waals surface area contributed by atoms with E-state index in [1.54, 1.807) is 18.2 Å². The number of halogens is 2. The predicted molar refractivity (Wildman–Crippen MR) is 142 cm³/mol. The van der Waals surface area contributed by atoms with Crippen LogP contribution in [0.25, 0.3) is 10.8 Å². The van der Waals surface area contributed by atoms with E-state index in [4.69, 9.17) is 9.47 Å². The number of aromatic hydroxyl groups is 1. The number of ether oxygens (including phenoxy) is 2. The number of carbonyl (C=O) groups is 2. The van der Waals surface area contributed by atoms with Crippen molar-refractivity contribution in [2.24, 2.45) is 5.10 Å². The van der Waals surface area contributed by atoms with E-state index in [0.717, 1.165) is 10.8 Å². The fraction of sp³-hybridized carbons (Fsp3) is 0.0741. The topological polar surface area (TPSA) is 109 Å². The lowest BCUT2D eigenvalue weighted by Gasteiger charge is -2.13. The Bertz CT molecular complexity index is 1490. The number of nitrogens with one attached hydrogen (secondary N) is 2. The second kappa shape index (κ2) is 11.5. The summed E-state index contributed by atoms with van der Waals surface area (Å²) < 4.78 is 24.5. The van der Waals surface area contributed by atoms with Gasteiger partial charge in [0, 0.05) is 5.69 Å². The monoisotopic (exact) mass is 565 g/mol. The van der Waals surface area contributed by atoms with E-state index in [0.29, 0.717) is 27.2 Å². The predicted octanol–water partition coefficient (Wildman–Crippen LogP) is 5.24. The quantitative estimate of drug-likeness (QED) is 0.200. The average Bonchev–Trinajstić information content (AvgIpc) is 2.88. The van der Waals surface area contributed by atoms with Crippen molar-refractivity contribution in [3.8, 4) is 17.2 Å². The van der Waals surface area contributed by atoms with Gasteiger partial charge in [-0.3, -0.25) is 9.59 Å². The zero-order valence-corrected chi connectivity index (χ0v) is 21.1. The molecule has 0 saturated heterocycles. The lowest BCUT2D eigenvalue weighted by molar-refractivity contribution is -0.118. The first-order valence-electron chi connectivity index (χ1n) is 10.9. The molecule has 4 aromatic rings. The minimum atomic E-state index is -0.572. The molecule has 0 aliphatic rings. The van der Waals surface area contributed by atoms with Crippen molar-refractivity contribution < 1.29 is 28.6 Å². The van der Waals surface area contributed by atoms with E-state index in [1.165, 1.54) is 43.7 Å². The van der Waals surface area contributed by atoms with Crippen molar-refractivity contribution in [1.82, 2.24) is 5.43 Å². The molecule has 0 heterocycles. The number of anilines is 1. The smallest absolute Gasteiger partial charge is 0.275 e. The lowest BCUT2D eigenvalue weighted by Crippen LogP contribution is -2.20. The molecule has 0 bridgehead atoms. The molecule has 8 nitrogen and oxygen atoms in total. The first kappa shape index (κ1) is 25.6. The number of hydrogen-bond acceptors (Lipinski definition) is 6. The molecular formula is C27H21BrFN3O5. The Morgan fingerprint density at radius 1 is 1.05 bits per heavy atom. The van der Waals surface area contributed by atoms with Crippen LogP contribution >= 0.6 is 15.9 Å². The number of amides is 2. The maximum Gasteiger partial charge on any atom is 0.275 e. The highest BCUT2D eigenvalue weighted by Gasteiger charge is 2.15. The number of hydrazone groups is 1. The molecule has 0 saturated carbocycles. The van der Waals surface area contributed by atoms with Gasteiger partial charge in [0.1, 0.15) is 11.6 Å². The molecule has 2 amide bonds. The Kier molecular flexibility index (Phi) is 7.99. The van der Waals surface area contributed by atoms with E-state index in [2.05, 4.69) is 31.8 Å². The molecule has 3 N–H and O–H groups in total. The van der Waals surface area contributed by atoms with Crippen molar-refractivity contribution in [3.05, 3.63) is 94.2 Å². The molecule has 0 atom stereocenters. The fourth-order valence-electron chi connectivity index (χ4n) is 3.46. The summed E-state index contributed by atoms with van der Waals surface area (Å²) >= 11 is 3.39. The van der Waals surface area contributed by atoms with Gasteiger partial charge in [-0.2, -0.15) is 5.10 Å². The third-order valence-electron chi connectivity index (χ3n) is 5.22. The molecule has 0 aliphatic carbocycles. The zero-order valence-electron chi connectivity index (χ0n) is 19.5. The third kappa shape index (κ3) is 6.42. The molecule has 0 aliphatic heterocycles. The SMILES string of the molecule is COc1cc(C=NNC(=O)c2cc3ccccc3cc2O)cc(Br)c1OCC(=O)Nc1ccc(F)cc1. The van der Waals surface area contributed by atoms with Gasteiger partial charge < -0.3 is 19.9 Å². The van der Waals surface area contributed by atoms with Crippen LogP contribution in [0.1, 0.15) is 15.9 Å². The van der Waals surface area contributed by atoms with E-state index < -0.39 is 17.6 Å². The highest BCUT2D eigenvalue weighted by molar-refractivity contribution is 9.10. The van der Waals surface area contributed by atoms with Crippen molar-refractivity contribution >= 4 is 50.4 Å². The molecule has 0 radical (unpaired) electrons. The van der Waals surface area contributed by atoms with Gasteiger partial charge in [-0.15, -0.1) is 0 Å². The summed E-state index contributed by atoms with van der Waals surface area (Å²) in [6.45, 7) is -0.314. The van der Waals surface area contributed by atoms with Crippen LogP contribution in [-0.2, 0) is 4.79 Å². The summed E-state index contributed by atoms with van der Waals surface area (Å²) in [6.07, 6.45) is 1.40. The number of rotatable bonds is 8. The van der Waals surface area contributed by atoms with E-state index in [-0.39, 0.29) is 17.9 Å². The summed E-state index contributed by atoms with van der Waals surface area (Å²) in [6, 6.07) is 19.1. The average molecular weight is 566 g/mol. The molecule has 0 spiro atoms. The number of phenols is 1. The van der Waals surface area contributed by atoms with Gasteiger partial charge in [0.25, 0.3) is 11.8 Å². The lowest BCUT2D eigenvalue weighted by atomic mass is 10.1. The number of hydrogen-bond donors (Lipinski definition) is 3. The molecule has 4 aromatic carbocycles. The molecule has 10 heteroatoms. The van der Waals surface area contributed by atoms with Gasteiger partial charge >= 0.3 is 0 Å². The Labute approximate surface area is 219 Å². The van der Waals surface area contributed by atoms with Crippen LogP contribution in [0.15, 0.2) is 82.4 Å². The third-order valence-corrected chi connectivity index (χ3v) is 5.80. The minimum absolute atomic E-state index is 0.0947. The Morgan fingerprint density at radius 2 is 1.76 bits per heavy atom. The van der Waals surface area contributed by atoms with E-state index >= 15 is 0 Å². The first-order valence-corrected chi connectivity index (χ1v) is 11.7. The summed E-state index contributed by atoms with van der Waals surface area (Å²) in [4.78, 5) is 24.7. The maximum atomic E-state index is 13.0. The van der Waals surface area contributed by atoms with Gasteiger partial charge in [-0.25, -0.2) is 9.82 Å². The molecular weight excluding hydrogens is 545 g/mol. The number of phenolic OH excluding ortho intramolecular Hbond substituents is 1. The largest absolute Gasteiger partial charge is 0.507 e. The molecule has 37 heavy (non-hydrogen) atoms. The van der Waals surface area contributed by atoms with Crippen LogP contribution in [-0.4, -0.2) is 36.9 Å². The Balaban J connectivity index is 1.40. The van der Waals surface area contributed by atoms with E-state index in [1.807, 2.05) is 24.3 Å². The zero-order chi connectivity index (χ0) is 26.4. The second-order valence-corrected chi connectivity index (χ2v) is 8.65. The van der Waals surface area contributed by atoms with Crippen LogP contribution in [0.2, 0.25) is 0 Å². The maximum absolute atomic E-state index is 13.0. The second-order valence-electron chi connectivity index (χ2n) is 7.79. The Hall–Kier alpha value is -4.44. The fourth-order valence-corrected chi connectivity index (χ4v) is 4.03. The number of methoxy groups -OCH3 is 1. The Morgan fingerprint density at radius 3 is 2.46 bits per heavy atom.